The zero-order chi connectivity index (χ0) is 9.97. The van der Waals surface area contributed by atoms with E-state index >= 15 is 0 Å². The first-order valence-corrected chi connectivity index (χ1v) is 4.71. The second kappa shape index (κ2) is 3.66. The lowest BCUT2D eigenvalue weighted by Crippen LogP contribution is -1.87. The van der Waals surface area contributed by atoms with E-state index in [4.69, 9.17) is 4.74 Å². The molecule has 1 aliphatic heterocycles. The lowest BCUT2D eigenvalue weighted by Gasteiger charge is -2.01. The summed E-state index contributed by atoms with van der Waals surface area (Å²) in [5.74, 6) is 1.03. The normalized spacial score (nSPS) is 14.1. The maximum absolute atomic E-state index is 10.8. The Morgan fingerprint density at radius 2 is 2.36 bits per heavy atom. The molecule has 0 radical (unpaired) electrons. The predicted octanol–water partition coefficient (Wildman–Crippen LogP) is 2.22. The Morgan fingerprint density at radius 1 is 1.50 bits per heavy atom. The second-order valence-corrected chi connectivity index (χ2v) is 3.37. The van der Waals surface area contributed by atoms with Crippen LogP contribution in [0.25, 0.3) is 6.08 Å². The van der Waals surface area contributed by atoms with E-state index in [0.717, 1.165) is 24.3 Å². The first kappa shape index (κ1) is 9.00. The molecular weight excluding hydrogens is 176 g/mol. The molecule has 0 saturated carbocycles. The van der Waals surface area contributed by atoms with E-state index < -0.39 is 0 Å². The molecule has 0 aliphatic carbocycles. The number of allylic oxidation sites excluding steroid dienone is 1. The molecule has 0 unspecified atom stereocenters. The number of rotatable bonds is 2. The Bertz CT molecular complexity index is 391. The zero-order valence-electron chi connectivity index (χ0n) is 8.12. The quantitative estimate of drug-likeness (QED) is 0.665. The van der Waals surface area contributed by atoms with E-state index in [-0.39, 0.29) is 5.78 Å². The average Bonchev–Trinajstić information content (AvgIpc) is 2.62. The van der Waals surface area contributed by atoms with Gasteiger partial charge in [0.05, 0.1) is 6.61 Å². The summed E-state index contributed by atoms with van der Waals surface area (Å²) in [4.78, 5) is 10.8. The Balaban J connectivity index is 2.35. The van der Waals surface area contributed by atoms with Gasteiger partial charge in [-0.3, -0.25) is 4.79 Å². The number of benzene rings is 1. The number of hydrogen-bond acceptors (Lipinski definition) is 2. The molecule has 2 heteroatoms. The lowest BCUT2D eigenvalue weighted by molar-refractivity contribution is -0.112. The van der Waals surface area contributed by atoms with E-state index in [1.807, 2.05) is 24.3 Å². The van der Waals surface area contributed by atoms with Crippen LogP contribution in [0, 0.1) is 0 Å². The molecule has 0 saturated heterocycles. The van der Waals surface area contributed by atoms with Crippen molar-refractivity contribution in [2.45, 2.75) is 13.3 Å². The number of ketones is 1. The monoisotopic (exact) mass is 188 g/mol. The Morgan fingerprint density at radius 3 is 3.14 bits per heavy atom. The van der Waals surface area contributed by atoms with Gasteiger partial charge in [-0.2, -0.15) is 0 Å². The molecule has 0 amide bonds. The molecule has 0 aromatic heterocycles. The summed E-state index contributed by atoms with van der Waals surface area (Å²) >= 11 is 0. The Kier molecular flexibility index (Phi) is 2.35. The topological polar surface area (TPSA) is 26.3 Å². The van der Waals surface area contributed by atoms with Crippen LogP contribution in [0.3, 0.4) is 0 Å². The molecule has 0 bridgehead atoms. The van der Waals surface area contributed by atoms with E-state index in [2.05, 4.69) is 0 Å². The van der Waals surface area contributed by atoms with Crippen LogP contribution in [0.5, 0.6) is 5.75 Å². The van der Waals surface area contributed by atoms with Crippen molar-refractivity contribution in [1.82, 2.24) is 0 Å². The molecule has 2 nitrogen and oxygen atoms in total. The maximum Gasteiger partial charge on any atom is 0.152 e. The number of ether oxygens (including phenoxy) is 1. The van der Waals surface area contributed by atoms with Crippen LogP contribution in [0.1, 0.15) is 18.1 Å². The van der Waals surface area contributed by atoms with Crippen molar-refractivity contribution < 1.29 is 9.53 Å². The van der Waals surface area contributed by atoms with Gasteiger partial charge in [-0.1, -0.05) is 18.2 Å². The third kappa shape index (κ3) is 1.69. The van der Waals surface area contributed by atoms with Gasteiger partial charge in [0.2, 0.25) is 0 Å². The van der Waals surface area contributed by atoms with Crippen LogP contribution < -0.4 is 4.74 Å². The van der Waals surface area contributed by atoms with E-state index in [1.54, 1.807) is 13.0 Å². The van der Waals surface area contributed by atoms with Crippen LogP contribution in [0.4, 0.5) is 0 Å². The average molecular weight is 188 g/mol. The van der Waals surface area contributed by atoms with Crippen LogP contribution in [0.2, 0.25) is 0 Å². The minimum Gasteiger partial charge on any atom is -0.493 e. The van der Waals surface area contributed by atoms with Crippen molar-refractivity contribution in [2.75, 3.05) is 6.61 Å². The summed E-state index contributed by atoms with van der Waals surface area (Å²) in [7, 11) is 0. The van der Waals surface area contributed by atoms with E-state index in [9.17, 15) is 4.79 Å². The SMILES string of the molecule is CC(=O)/C=C/c1cccc2c1CCO2. The molecule has 0 N–H and O–H groups in total. The molecule has 2 rings (SSSR count). The fourth-order valence-corrected chi connectivity index (χ4v) is 1.61. The molecule has 1 aliphatic rings. The van der Waals surface area contributed by atoms with Gasteiger partial charge < -0.3 is 4.74 Å². The predicted molar refractivity (Wildman–Crippen MR) is 55.4 cm³/mol. The van der Waals surface area contributed by atoms with Gasteiger partial charge in [0.15, 0.2) is 5.78 Å². The van der Waals surface area contributed by atoms with Crippen LogP contribution in [-0.2, 0) is 11.2 Å². The van der Waals surface area contributed by atoms with Crippen LogP contribution in [0.15, 0.2) is 24.3 Å². The molecule has 0 fully saturated rings. The van der Waals surface area contributed by atoms with Gasteiger partial charge in [-0.25, -0.2) is 0 Å². The fraction of sp³-hybridized carbons (Fsp3) is 0.250. The fourth-order valence-electron chi connectivity index (χ4n) is 1.61. The Labute approximate surface area is 83.2 Å². The summed E-state index contributed by atoms with van der Waals surface area (Å²) < 4.78 is 5.43. The van der Waals surface area contributed by atoms with Crippen molar-refractivity contribution >= 4 is 11.9 Å². The summed E-state index contributed by atoms with van der Waals surface area (Å²) in [6.07, 6.45) is 4.39. The largest absolute Gasteiger partial charge is 0.493 e. The molecular formula is C12H12O2. The second-order valence-electron chi connectivity index (χ2n) is 3.37. The van der Waals surface area contributed by atoms with E-state index in [0.29, 0.717) is 0 Å². The number of hydrogen-bond donors (Lipinski definition) is 0. The molecule has 0 atom stereocenters. The van der Waals surface area contributed by atoms with Crippen molar-refractivity contribution in [3.05, 3.63) is 35.4 Å². The third-order valence-corrected chi connectivity index (χ3v) is 2.28. The van der Waals surface area contributed by atoms with Gasteiger partial charge in [0.1, 0.15) is 5.75 Å². The van der Waals surface area contributed by atoms with Crippen LogP contribution >= 0.6 is 0 Å². The molecule has 1 heterocycles. The number of carbonyl (C=O) groups is 1. The summed E-state index contributed by atoms with van der Waals surface area (Å²) in [6.45, 7) is 2.30. The number of fused-ring (bicyclic) bond motifs is 1. The molecule has 14 heavy (non-hydrogen) atoms. The van der Waals surface area contributed by atoms with Crippen molar-refractivity contribution in [3.63, 3.8) is 0 Å². The molecule has 1 aromatic rings. The van der Waals surface area contributed by atoms with Crippen molar-refractivity contribution in [3.8, 4) is 5.75 Å². The van der Waals surface area contributed by atoms with Crippen molar-refractivity contribution in [2.24, 2.45) is 0 Å². The Hall–Kier alpha value is -1.57. The first-order chi connectivity index (χ1) is 6.77. The maximum atomic E-state index is 10.8. The highest BCUT2D eigenvalue weighted by Crippen LogP contribution is 2.28. The van der Waals surface area contributed by atoms with E-state index in [1.165, 1.54) is 5.56 Å². The minimum atomic E-state index is 0.0709. The van der Waals surface area contributed by atoms with Gasteiger partial charge in [0.25, 0.3) is 0 Å². The highest BCUT2D eigenvalue weighted by molar-refractivity contribution is 5.91. The summed E-state index contributed by atoms with van der Waals surface area (Å²) in [5.41, 5.74) is 2.31. The van der Waals surface area contributed by atoms with Gasteiger partial charge in [-0.15, -0.1) is 0 Å². The smallest absolute Gasteiger partial charge is 0.152 e. The molecule has 1 aromatic carbocycles. The van der Waals surface area contributed by atoms with Crippen molar-refractivity contribution in [1.29, 1.82) is 0 Å². The zero-order valence-corrected chi connectivity index (χ0v) is 8.12. The first-order valence-electron chi connectivity index (χ1n) is 4.71. The highest BCUT2D eigenvalue weighted by atomic mass is 16.5. The number of carbonyl (C=O) groups excluding carboxylic acids is 1. The highest BCUT2D eigenvalue weighted by Gasteiger charge is 2.13. The third-order valence-electron chi connectivity index (χ3n) is 2.28. The van der Waals surface area contributed by atoms with Gasteiger partial charge in [0, 0.05) is 12.0 Å². The summed E-state index contributed by atoms with van der Waals surface area (Å²) in [6, 6.07) is 5.92. The summed E-state index contributed by atoms with van der Waals surface area (Å²) in [5, 5.41) is 0. The van der Waals surface area contributed by atoms with Gasteiger partial charge in [-0.05, 0) is 24.6 Å². The van der Waals surface area contributed by atoms with Crippen LogP contribution in [-0.4, -0.2) is 12.4 Å². The molecule has 0 spiro atoms. The minimum absolute atomic E-state index is 0.0709. The van der Waals surface area contributed by atoms with Gasteiger partial charge >= 0.3 is 0 Å². The standard InChI is InChI=1S/C12H12O2/c1-9(13)5-6-10-3-2-4-12-11(10)7-8-14-12/h2-6H,7-8H2,1H3/b6-5+. The lowest BCUT2D eigenvalue weighted by atomic mass is 10.0. The molecule has 72 valence electrons.